The van der Waals surface area contributed by atoms with Gasteiger partial charge < -0.3 is 14.5 Å². The topological polar surface area (TPSA) is 68.4 Å². The first-order chi connectivity index (χ1) is 21.5. The van der Waals surface area contributed by atoms with Gasteiger partial charge in [0.1, 0.15) is 5.82 Å². The Morgan fingerprint density at radius 3 is 2.61 bits per heavy atom. The first-order valence-corrected chi connectivity index (χ1v) is 15.6. The van der Waals surface area contributed by atoms with Crippen molar-refractivity contribution in [2.24, 2.45) is 7.05 Å². The molecule has 0 atom stereocenters. The number of anilines is 2. The van der Waals surface area contributed by atoms with Crippen LogP contribution in [0.3, 0.4) is 0 Å². The molecule has 2 aromatic carbocycles. The van der Waals surface area contributed by atoms with Gasteiger partial charge in [-0.25, -0.2) is 13.5 Å². The van der Waals surface area contributed by atoms with Gasteiger partial charge in [-0.2, -0.15) is 10.2 Å². The third-order valence-corrected chi connectivity index (χ3v) is 9.40. The van der Waals surface area contributed by atoms with E-state index in [1.54, 1.807) is 35.1 Å². The van der Waals surface area contributed by atoms with E-state index in [4.69, 9.17) is 9.84 Å². The van der Waals surface area contributed by atoms with E-state index in [0.29, 0.717) is 43.8 Å². The number of nitrogens with zero attached hydrogens (tertiary/aromatic N) is 6. The molecule has 0 unspecified atom stereocenters. The Labute approximate surface area is 256 Å². The number of ether oxygens (including phenoxy) is 1. The molecule has 0 bridgehead atoms. The minimum Gasteiger partial charge on any atom is -0.374 e. The Morgan fingerprint density at radius 2 is 1.89 bits per heavy atom. The molecular weight excluding hydrogens is 562 g/mol. The highest BCUT2D eigenvalue weighted by atomic mass is 19.3. The molecule has 1 aliphatic carbocycles. The molecule has 1 fully saturated rings. The van der Waals surface area contributed by atoms with Gasteiger partial charge >= 0.3 is 0 Å². The normalized spacial score (nSPS) is 20.1. The van der Waals surface area contributed by atoms with E-state index in [1.807, 2.05) is 24.3 Å². The monoisotopic (exact) mass is 600 g/mol. The van der Waals surface area contributed by atoms with Crippen LogP contribution in [-0.2, 0) is 42.6 Å². The highest BCUT2D eigenvalue weighted by molar-refractivity contribution is 5.77. The van der Waals surface area contributed by atoms with E-state index in [2.05, 4.69) is 26.8 Å². The predicted molar refractivity (Wildman–Crippen MR) is 164 cm³/mol. The van der Waals surface area contributed by atoms with E-state index in [1.165, 1.54) is 5.56 Å². The number of hydrogen-bond donors (Lipinski definition) is 0. The molecule has 0 spiro atoms. The summed E-state index contributed by atoms with van der Waals surface area (Å²) in [6.45, 7) is 2.42. The van der Waals surface area contributed by atoms with Crippen LogP contribution in [0, 0.1) is 0 Å². The number of alkyl halides is 2. The van der Waals surface area contributed by atoms with Crippen molar-refractivity contribution in [2.45, 2.75) is 76.7 Å². The van der Waals surface area contributed by atoms with Crippen molar-refractivity contribution < 1.29 is 18.3 Å². The van der Waals surface area contributed by atoms with Crippen LogP contribution in [0.2, 0.25) is 0 Å². The van der Waals surface area contributed by atoms with Crippen LogP contribution in [0.5, 0.6) is 0 Å². The Balaban J connectivity index is 1.22. The molecule has 2 aliphatic heterocycles. The zero-order valence-corrected chi connectivity index (χ0v) is 25.0. The fourth-order valence-electron chi connectivity index (χ4n) is 7.14. The molecule has 230 valence electrons. The van der Waals surface area contributed by atoms with Crippen molar-refractivity contribution in [1.29, 1.82) is 0 Å². The maximum atomic E-state index is 14.6. The summed E-state index contributed by atoms with van der Waals surface area (Å²) in [5.41, 5.74) is 6.31. The zero-order chi connectivity index (χ0) is 30.2. The lowest BCUT2D eigenvalue weighted by Crippen LogP contribution is -2.33. The molecule has 4 aromatic rings. The summed E-state index contributed by atoms with van der Waals surface area (Å²) in [5, 5.41) is 9.40. The number of halogens is 2. The van der Waals surface area contributed by atoms with Gasteiger partial charge in [-0.15, -0.1) is 0 Å². The molecule has 0 radical (unpaired) electrons. The lowest BCUT2D eigenvalue weighted by atomic mass is 9.92. The maximum absolute atomic E-state index is 14.6. The average molecular weight is 601 g/mol. The molecule has 44 heavy (non-hydrogen) atoms. The van der Waals surface area contributed by atoms with E-state index in [-0.39, 0.29) is 17.7 Å². The summed E-state index contributed by atoms with van der Waals surface area (Å²) in [6, 6.07) is 14.0. The van der Waals surface area contributed by atoms with Gasteiger partial charge in [0.25, 0.3) is 6.43 Å². The molecule has 10 heteroatoms. The molecule has 2 aromatic heterocycles. The van der Waals surface area contributed by atoms with Gasteiger partial charge in [0.15, 0.2) is 0 Å². The van der Waals surface area contributed by atoms with Gasteiger partial charge in [0.2, 0.25) is 6.41 Å². The number of carbonyl (C=O) groups is 1. The summed E-state index contributed by atoms with van der Waals surface area (Å²) < 4.78 is 39.3. The quantitative estimate of drug-likeness (QED) is 0.216. The largest absolute Gasteiger partial charge is 0.374 e. The van der Waals surface area contributed by atoms with Gasteiger partial charge in [0, 0.05) is 55.1 Å². The molecule has 7 rings (SSSR count). The van der Waals surface area contributed by atoms with E-state index in [9.17, 15) is 13.6 Å². The second-order valence-corrected chi connectivity index (χ2v) is 12.3. The summed E-state index contributed by atoms with van der Waals surface area (Å²) >= 11 is 0. The number of aromatic nitrogens is 4. The molecule has 4 heterocycles. The van der Waals surface area contributed by atoms with Crippen molar-refractivity contribution in [3.8, 4) is 11.1 Å². The fourth-order valence-corrected chi connectivity index (χ4v) is 7.14. The van der Waals surface area contributed by atoms with Crippen LogP contribution in [0.25, 0.3) is 11.1 Å². The van der Waals surface area contributed by atoms with Gasteiger partial charge in [-0.3, -0.25) is 9.48 Å². The Kier molecular flexibility index (Phi) is 7.93. The summed E-state index contributed by atoms with van der Waals surface area (Å²) in [6.07, 6.45) is 8.00. The van der Waals surface area contributed by atoms with Crippen LogP contribution in [0.15, 0.2) is 54.9 Å². The number of aryl methyl sites for hydroxylation is 2. The van der Waals surface area contributed by atoms with Crippen LogP contribution in [-0.4, -0.2) is 50.1 Å². The average Bonchev–Trinajstić information content (AvgIpc) is 3.66. The van der Waals surface area contributed by atoms with E-state index in [0.717, 1.165) is 73.3 Å². The van der Waals surface area contributed by atoms with Crippen LogP contribution >= 0.6 is 0 Å². The van der Waals surface area contributed by atoms with Crippen LogP contribution in [0.4, 0.5) is 20.3 Å². The summed E-state index contributed by atoms with van der Waals surface area (Å²) in [5.74, 6) is 0.954. The highest BCUT2D eigenvalue weighted by Gasteiger charge is 2.35. The number of carbonyl (C=O) groups excluding carboxylic acids is 1. The van der Waals surface area contributed by atoms with Gasteiger partial charge in [-0.05, 0) is 67.3 Å². The molecular formula is C34H38F2N6O2. The standard InChI is InChI=1S/C34H38F2N6O2/c1-39-19-25(18-37-39)28-16-24-8-5-14-41(32(24)17-29(28)33(35)36)34-30-20-40(22-43)15-13-31(30)38-42(34)26-9-11-27(12-10-26)44-21-23-6-3-2-4-7-23/h2-4,6-7,16-19,22,26-27,33H,5,8-15,20-21H2,1H3. The molecule has 0 N–H and O–H groups in total. The van der Waals surface area contributed by atoms with Crippen molar-refractivity contribution in [3.05, 3.63) is 82.8 Å². The number of benzene rings is 2. The third kappa shape index (κ3) is 5.51. The lowest BCUT2D eigenvalue weighted by molar-refractivity contribution is -0.118. The highest BCUT2D eigenvalue weighted by Crippen LogP contribution is 2.45. The Bertz CT molecular complexity index is 1630. The molecule has 0 saturated heterocycles. The van der Waals surface area contributed by atoms with Gasteiger partial charge in [0.05, 0.1) is 37.2 Å². The minimum atomic E-state index is -2.63. The number of amides is 1. The molecule has 1 amide bonds. The third-order valence-electron chi connectivity index (χ3n) is 9.40. The summed E-state index contributed by atoms with van der Waals surface area (Å²) in [7, 11) is 1.79. The van der Waals surface area contributed by atoms with Crippen LogP contribution in [0.1, 0.15) is 72.5 Å². The van der Waals surface area contributed by atoms with Crippen molar-refractivity contribution in [2.75, 3.05) is 18.0 Å². The second-order valence-electron chi connectivity index (χ2n) is 12.3. The first-order valence-electron chi connectivity index (χ1n) is 15.6. The second kappa shape index (κ2) is 12.1. The zero-order valence-electron chi connectivity index (χ0n) is 25.0. The maximum Gasteiger partial charge on any atom is 0.264 e. The SMILES string of the molecule is Cn1cc(-c2cc3c(cc2C(F)F)N(c2c4c(nn2C2CCC(OCc5ccccc5)CC2)CCN(C=O)C4)CCC3)cn1. The number of hydrogen-bond acceptors (Lipinski definition) is 5. The van der Waals surface area contributed by atoms with Crippen molar-refractivity contribution in [1.82, 2.24) is 24.5 Å². The van der Waals surface area contributed by atoms with E-state index >= 15 is 0 Å². The number of fused-ring (bicyclic) bond motifs is 2. The minimum absolute atomic E-state index is 0.00849. The molecule has 8 nitrogen and oxygen atoms in total. The van der Waals surface area contributed by atoms with Crippen LogP contribution < -0.4 is 4.90 Å². The van der Waals surface area contributed by atoms with Gasteiger partial charge in [-0.1, -0.05) is 30.3 Å². The lowest BCUT2D eigenvalue weighted by Gasteiger charge is -2.36. The summed E-state index contributed by atoms with van der Waals surface area (Å²) in [4.78, 5) is 15.8. The Morgan fingerprint density at radius 1 is 1.07 bits per heavy atom. The fraction of sp³-hybridized carbons (Fsp3) is 0.441. The smallest absolute Gasteiger partial charge is 0.264 e. The van der Waals surface area contributed by atoms with Crippen molar-refractivity contribution in [3.63, 3.8) is 0 Å². The van der Waals surface area contributed by atoms with Crippen molar-refractivity contribution >= 4 is 17.9 Å². The predicted octanol–water partition coefficient (Wildman–Crippen LogP) is 6.52. The Hall–Kier alpha value is -4.05. The molecule has 3 aliphatic rings. The number of rotatable bonds is 8. The van der Waals surface area contributed by atoms with E-state index < -0.39 is 6.43 Å². The molecule has 1 saturated carbocycles. The first kappa shape index (κ1) is 28.7.